The molecule has 0 bridgehead atoms. The van der Waals surface area contributed by atoms with Crippen LogP contribution in [0.5, 0.6) is 0 Å². The number of hydrogen-bond donors (Lipinski definition) is 4. The summed E-state index contributed by atoms with van der Waals surface area (Å²) >= 11 is 0. The lowest BCUT2D eigenvalue weighted by Gasteiger charge is -2.22. The molecule has 7 heteroatoms. The first-order valence-corrected chi connectivity index (χ1v) is 8.59. The van der Waals surface area contributed by atoms with Crippen LogP contribution >= 0.6 is 0 Å². The van der Waals surface area contributed by atoms with Crippen molar-refractivity contribution >= 4 is 23.6 Å². The Labute approximate surface area is 157 Å². The minimum absolute atomic E-state index is 0.131. The number of carbonyl (C=O) groups excluding carboxylic acids is 2. The second-order valence-corrected chi connectivity index (χ2v) is 6.41. The monoisotopic (exact) mass is 369 g/mol. The lowest BCUT2D eigenvalue weighted by Crippen LogP contribution is -2.50. The summed E-state index contributed by atoms with van der Waals surface area (Å²) in [5.41, 5.74) is 1.55. The van der Waals surface area contributed by atoms with Crippen LogP contribution in [-0.4, -0.2) is 29.1 Å². The van der Waals surface area contributed by atoms with E-state index < -0.39 is 18.0 Å². The number of rotatable bonds is 7. The van der Waals surface area contributed by atoms with E-state index in [1.807, 2.05) is 44.2 Å². The van der Waals surface area contributed by atoms with Gasteiger partial charge in [-0.1, -0.05) is 44.2 Å². The molecule has 0 saturated carbocycles. The number of urea groups is 1. The highest BCUT2D eigenvalue weighted by Gasteiger charge is 2.24. The molecule has 2 rings (SSSR count). The second-order valence-electron chi connectivity index (χ2n) is 6.41. The highest BCUT2D eigenvalue weighted by Crippen LogP contribution is 2.12. The van der Waals surface area contributed by atoms with Gasteiger partial charge >= 0.3 is 12.0 Å². The zero-order valence-electron chi connectivity index (χ0n) is 15.2. The largest absolute Gasteiger partial charge is 0.478 e. The van der Waals surface area contributed by atoms with E-state index in [2.05, 4.69) is 16.0 Å². The summed E-state index contributed by atoms with van der Waals surface area (Å²) in [6, 6.07) is 14.1. The Morgan fingerprint density at radius 2 is 1.59 bits per heavy atom. The van der Waals surface area contributed by atoms with Gasteiger partial charge in [-0.3, -0.25) is 4.79 Å². The van der Waals surface area contributed by atoms with E-state index in [9.17, 15) is 14.4 Å². The predicted octanol–water partition coefficient (Wildman–Crippen LogP) is 2.85. The summed E-state index contributed by atoms with van der Waals surface area (Å²) in [6.07, 6.45) is 0. The first kappa shape index (κ1) is 20.0. The van der Waals surface area contributed by atoms with Crippen LogP contribution in [-0.2, 0) is 11.3 Å². The Hall–Kier alpha value is -3.35. The molecule has 1 atom stereocenters. The maximum atomic E-state index is 12.5. The van der Waals surface area contributed by atoms with E-state index in [0.29, 0.717) is 12.2 Å². The van der Waals surface area contributed by atoms with Crippen LogP contribution in [0.4, 0.5) is 10.5 Å². The minimum atomic E-state index is -1.04. The third kappa shape index (κ3) is 6.14. The lowest BCUT2D eigenvalue weighted by atomic mass is 10.0. The smallest absolute Gasteiger partial charge is 0.335 e. The number of hydrogen-bond acceptors (Lipinski definition) is 3. The summed E-state index contributed by atoms with van der Waals surface area (Å²) in [5, 5.41) is 17.0. The Morgan fingerprint density at radius 3 is 2.15 bits per heavy atom. The second kappa shape index (κ2) is 9.38. The van der Waals surface area contributed by atoms with Gasteiger partial charge in [0, 0.05) is 12.2 Å². The van der Waals surface area contributed by atoms with Gasteiger partial charge in [-0.05, 0) is 35.7 Å². The highest BCUT2D eigenvalue weighted by atomic mass is 16.4. The quantitative estimate of drug-likeness (QED) is 0.602. The lowest BCUT2D eigenvalue weighted by molar-refractivity contribution is -0.118. The third-order valence-corrected chi connectivity index (χ3v) is 3.93. The molecule has 7 nitrogen and oxygen atoms in total. The van der Waals surface area contributed by atoms with Crippen molar-refractivity contribution < 1.29 is 19.5 Å². The molecule has 1 unspecified atom stereocenters. The fraction of sp³-hybridized carbons (Fsp3) is 0.250. The SMILES string of the molecule is CC(C)C(NC(=O)NCc1ccccc1)C(=O)Nc1ccc(C(=O)O)cc1. The van der Waals surface area contributed by atoms with Crippen molar-refractivity contribution in [3.05, 3.63) is 65.7 Å². The van der Waals surface area contributed by atoms with Gasteiger partial charge in [0.05, 0.1) is 5.56 Å². The summed E-state index contributed by atoms with van der Waals surface area (Å²) in [4.78, 5) is 35.5. The van der Waals surface area contributed by atoms with E-state index in [1.165, 1.54) is 24.3 Å². The molecule has 0 saturated heterocycles. The van der Waals surface area contributed by atoms with Crippen molar-refractivity contribution in [3.63, 3.8) is 0 Å². The van der Waals surface area contributed by atoms with Gasteiger partial charge in [-0.2, -0.15) is 0 Å². The van der Waals surface area contributed by atoms with Crippen LogP contribution in [0.25, 0.3) is 0 Å². The van der Waals surface area contributed by atoms with Gasteiger partial charge in [0.15, 0.2) is 0 Å². The predicted molar refractivity (Wildman–Crippen MR) is 102 cm³/mol. The number of aromatic carboxylic acids is 1. The molecule has 2 aromatic carbocycles. The van der Waals surface area contributed by atoms with Crippen LogP contribution in [0.15, 0.2) is 54.6 Å². The number of carboxylic acid groups (broad SMARTS) is 1. The molecule has 2 aromatic rings. The summed E-state index contributed by atoms with van der Waals surface area (Å²) in [5.74, 6) is -1.54. The van der Waals surface area contributed by atoms with Gasteiger partial charge < -0.3 is 21.1 Å². The average molecular weight is 369 g/mol. The fourth-order valence-corrected chi connectivity index (χ4v) is 2.42. The van der Waals surface area contributed by atoms with Crippen molar-refractivity contribution in [2.45, 2.75) is 26.4 Å². The van der Waals surface area contributed by atoms with Crippen molar-refractivity contribution in [3.8, 4) is 0 Å². The maximum Gasteiger partial charge on any atom is 0.335 e. The molecule has 0 aliphatic rings. The standard InChI is InChI=1S/C20H23N3O4/c1-13(2)17(23-20(27)21-12-14-6-4-3-5-7-14)18(24)22-16-10-8-15(9-11-16)19(25)26/h3-11,13,17H,12H2,1-2H3,(H,22,24)(H,25,26)(H2,21,23,27). The van der Waals surface area contributed by atoms with Gasteiger partial charge in [0.1, 0.15) is 6.04 Å². The van der Waals surface area contributed by atoms with Crippen LogP contribution in [0.1, 0.15) is 29.8 Å². The van der Waals surface area contributed by atoms with Gasteiger partial charge in [-0.25, -0.2) is 9.59 Å². The van der Waals surface area contributed by atoms with Gasteiger partial charge in [0.2, 0.25) is 5.91 Å². The zero-order valence-corrected chi connectivity index (χ0v) is 15.2. The molecule has 0 aliphatic heterocycles. The molecule has 142 valence electrons. The molecule has 3 amide bonds. The molecule has 0 aromatic heterocycles. The molecular weight excluding hydrogens is 346 g/mol. The first-order chi connectivity index (χ1) is 12.9. The van der Waals surface area contributed by atoms with Crippen molar-refractivity contribution in [1.82, 2.24) is 10.6 Å². The molecular formula is C20H23N3O4. The summed E-state index contributed by atoms with van der Waals surface area (Å²) < 4.78 is 0. The van der Waals surface area contributed by atoms with Crippen molar-refractivity contribution in [2.75, 3.05) is 5.32 Å². The van der Waals surface area contributed by atoms with Crippen LogP contribution in [0.2, 0.25) is 0 Å². The maximum absolute atomic E-state index is 12.5. The Morgan fingerprint density at radius 1 is 0.963 bits per heavy atom. The molecule has 0 heterocycles. The van der Waals surface area contributed by atoms with E-state index >= 15 is 0 Å². The first-order valence-electron chi connectivity index (χ1n) is 8.59. The van der Waals surface area contributed by atoms with Gasteiger partial charge in [-0.15, -0.1) is 0 Å². The molecule has 0 fully saturated rings. The summed E-state index contributed by atoms with van der Waals surface area (Å²) in [6.45, 7) is 4.01. The van der Waals surface area contributed by atoms with Crippen molar-refractivity contribution in [1.29, 1.82) is 0 Å². The van der Waals surface area contributed by atoms with Crippen molar-refractivity contribution in [2.24, 2.45) is 5.92 Å². The van der Waals surface area contributed by atoms with E-state index in [-0.39, 0.29) is 17.4 Å². The number of anilines is 1. The Balaban J connectivity index is 1.93. The molecule has 4 N–H and O–H groups in total. The number of carboxylic acids is 1. The highest BCUT2D eigenvalue weighted by molar-refractivity contribution is 5.97. The molecule has 0 spiro atoms. The average Bonchev–Trinajstić information content (AvgIpc) is 2.65. The van der Waals surface area contributed by atoms with E-state index in [0.717, 1.165) is 5.56 Å². The van der Waals surface area contributed by atoms with E-state index in [4.69, 9.17) is 5.11 Å². The number of amides is 3. The normalized spacial score (nSPS) is 11.5. The Kier molecular flexibility index (Phi) is 6.93. The topological polar surface area (TPSA) is 108 Å². The third-order valence-electron chi connectivity index (χ3n) is 3.93. The number of carbonyl (C=O) groups is 3. The summed E-state index contributed by atoms with van der Waals surface area (Å²) in [7, 11) is 0. The minimum Gasteiger partial charge on any atom is -0.478 e. The van der Waals surface area contributed by atoms with Gasteiger partial charge in [0.25, 0.3) is 0 Å². The molecule has 0 radical (unpaired) electrons. The van der Waals surface area contributed by atoms with Crippen LogP contribution in [0.3, 0.4) is 0 Å². The fourth-order valence-electron chi connectivity index (χ4n) is 2.42. The van der Waals surface area contributed by atoms with E-state index in [1.54, 1.807) is 0 Å². The number of benzene rings is 2. The van der Waals surface area contributed by atoms with Crippen LogP contribution in [0, 0.1) is 5.92 Å². The van der Waals surface area contributed by atoms with Crippen LogP contribution < -0.4 is 16.0 Å². The Bertz CT molecular complexity index is 789. The molecule has 27 heavy (non-hydrogen) atoms. The molecule has 0 aliphatic carbocycles. The zero-order chi connectivity index (χ0) is 19.8. The number of nitrogens with one attached hydrogen (secondary N) is 3.